The summed E-state index contributed by atoms with van der Waals surface area (Å²) in [7, 11) is 0. The molecule has 0 unspecified atom stereocenters. The fraction of sp³-hybridized carbons (Fsp3) is 0.750. The van der Waals surface area contributed by atoms with Crippen LogP contribution < -0.4 is 0 Å². The first kappa shape index (κ1) is 12.9. The first-order valence-corrected chi connectivity index (χ1v) is 6.29. The molecule has 0 radical (unpaired) electrons. The van der Waals surface area contributed by atoms with Gasteiger partial charge >= 0.3 is 6.09 Å². The highest BCUT2D eigenvalue weighted by Crippen LogP contribution is 2.25. The Morgan fingerprint density at radius 3 is 2.61 bits per heavy atom. The van der Waals surface area contributed by atoms with Crippen LogP contribution in [0.15, 0.2) is 6.33 Å². The summed E-state index contributed by atoms with van der Waals surface area (Å²) in [5, 5.41) is 6.82. The van der Waals surface area contributed by atoms with Crippen molar-refractivity contribution in [3.05, 3.63) is 12.2 Å². The number of nitrogens with zero attached hydrogens (tertiary/aromatic N) is 3. The molecule has 100 valence electrons. The van der Waals surface area contributed by atoms with Crippen molar-refractivity contribution < 1.29 is 9.53 Å². The van der Waals surface area contributed by atoms with Gasteiger partial charge < -0.3 is 9.64 Å². The molecule has 1 fully saturated rings. The van der Waals surface area contributed by atoms with Crippen LogP contribution in [0.4, 0.5) is 4.79 Å². The largest absolute Gasteiger partial charge is 0.444 e. The van der Waals surface area contributed by atoms with Gasteiger partial charge in [0.2, 0.25) is 0 Å². The van der Waals surface area contributed by atoms with Gasteiger partial charge in [-0.15, -0.1) is 0 Å². The normalized spacial score (nSPS) is 17.8. The molecule has 1 saturated heterocycles. The van der Waals surface area contributed by atoms with Crippen LogP contribution >= 0.6 is 0 Å². The second-order valence-electron chi connectivity index (χ2n) is 5.60. The fourth-order valence-electron chi connectivity index (χ4n) is 2.06. The SMILES string of the molecule is CC(C)(C)OC(=O)N1CCC(c2nc[nH]n2)CC1. The monoisotopic (exact) mass is 252 g/mol. The van der Waals surface area contributed by atoms with Crippen molar-refractivity contribution in [1.82, 2.24) is 20.1 Å². The molecule has 1 N–H and O–H groups in total. The van der Waals surface area contributed by atoms with Crippen LogP contribution in [-0.4, -0.2) is 44.9 Å². The van der Waals surface area contributed by atoms with Gasteiger partial charge in [0.05, 0.1) is 0 Å². The third-order valence-corrected chi connectivity index (χ3v) is 2.95. The van der Waals surface area contributed by atoms with Gasteiger partial charge in [-0.3, -0.25) is 5.10 Å². The number of H-pyrrole nitrogens is 1. The zero-order valence-electron chi connectivity index (χ0n) is 11.1. The second kappa shape index (κ2) is 4.96. The quantitative estimate of drug-likeness (QED) is 0.829. The number of ether oxygens (including phenoxy) is 1. The number of piperidine rings is 1. The van der Waals surface area contributed by atoms with Crippen LogP contribution in [0.2, 0.25) is 0 Å². The number of amides is 1. The molecule has 1 aliphatic rings. The Balaban J connectivity index is 1.85. The standard InChI is InChI=1S/C12H20N4O2/c1-12(2,3)18-11(17)16-6-4-9(5-7-16)10-13-8-14-15-10/h8-9H,4-7H2,1-3H3,(H,13,14,15). The average Bonchev–Trinajstić information content (AvgIpc) is 2.80. The fourth-order valence-corrected chi connectivity index (χ4v) is 2.06. The first-order chi connectivity index (χ1) is 8.46. The van der Waals surface area contributed by atoms with Crippen LogP contribution in [0.5, 0.6) is 0 Å². The lowest BCUT2D eigenvalue weighted by Crippen LogP contribution is -2.41. The maximum atomic E-state index is 11.9. The Bertz CT molecular complexity index is 389. The number of carbonyl (C=O) groups is 1. The van der Waals surface area contributed by atoms with Crippen molar-refractivity contribution in [3.63, 3.8) is 0 Å². The first-order valence-electron chi connectivity index (χ1n) is 6.29. The van der Waals surface area contributed by atoms with E-state index in [0.717, 1.165) is 18.7 Å². The van der Waals surface area contributed by atoms with Gasteiger partial charge in [-0.2, -0.15) is 5.10 Å². The summed E-state index contributed by atoms with van der Waals surface area (Å²) in [6.45, 7) is 7.05. The van der Waals surface area contributed by atoms with Crippen LogP contribution in [0.3, 0.4) is 0 Å². The maximum absolute atomic E-state index is 11.9. The third-order valence-electron chi connectivity index (χ3n) is 2.95. The number of aromatic nitrogens is 3. The Morgan fingerprint density at radius 1 is 1.44 bits per heavy atom. The molecule has 18 heavy (non-hydrogen) atoms. The smallest absolute Gasteiger partial charge is 0.410 e. The number of nitrogens with one attached hydrogen (secondary N) is 1. The van der Waals surface area contributed by atoms with Crippen molar-refractivity contribution in [2.45, 2.75) is 45.1 Å². The summed E-state index contributed by atoms with van der Waals surface area (Å²) in [4.78, 5) is 17.8. The number of hydrogen-bond donors (Lipinski definition) is 1. The summed E-state index contributed by atoms with van der Waals surface area (Å²) in [5.41, 5.74) is -0.433. The molecule has 2 rings (SSSR count). The highest BCUT2D eigenvalue weighted by molar-refractivity contribution is 5.68. The summed E-state index contributed by atoms with van der Waals surface area (Å²) in [6.07, 6.45) is 3.14. The Hall–Kier alpha value is -1.59. The topological polar surface area (TPSA) is 71.1 Å². The van der Waals surface area contributed by atoms with Gasteiger partial charge in [-0.1, -0.05) is 0 Å². The van der Waals surface area contributed by atoms with E-state index in [1.165, 1.54) is 0 Å². The highest BCUT2D eigenvalue weighted by atomic mass is 16.6. The molecule has 6 nitrogen and oxygen atoms in total. The molecule has 0 saturated carbocycles. The van der Waals surface area contributed by atoms with Crippen LogP contribution in [0, 0.1) is 0 Å². The second-order valence-corrected chi connectivity index (χ2v) is 5.60. The highest BCUT2D eigenvalue weighted by Gasteiger charge is 2.28. The number of hydrogen-bond acceptors (Lipinski definition) is 4. The number of rotatable bonds is 1. The van der Waals surface area contributed by atoms with E-state index in [-0.39, 0.29) is 6.09 Å². The maximum Gasteiger partial charge on any atom is 0.410 e. The molecular weight excluding hydrogens is 232 g/mol. The summed E-state index contributed by atoms with van der Waals surface area (Å²) < 4.78 is 5.35. The molecule has 0 bridgehead atoms. The molecule has 1 aromatic heterocycles. The van der Waals surface area contributed by atoms with E-state index in [0.29, 0.717) is 19.0 Å². The Kier molecular flexibility index (Phi) is 3.54. The minimum Gasteiger partial charge on any atom is -0.444 e. The van der Waals surface area contributed by atoms with E-state index in [1.54, 1.807) is 11.2 Å². The van der Waals surface area contributed by atoms with E-state index >= 15 is 0 Å². The molecular formula is C12H20N4O2. The minimum atomic E-state index is -0.433. The van der Waals surface area contributed by atoms with Crippen molar-refractivity contribution in [3.8, 4) is 0 Å². The van der Waals surface area contributed by atoms with Gasteiger partial charge in [-0.05, 0) is 33.6 Å². The molecule has 2 heterocycles. The van der Waals surface area contributed by atoms with E-state index in [2.05, 4.69) is 15.2 Å². The predicted octanol–water partition coefficient (Wildman–Crippen LogP) is 1.92. The molecule has 0 aliphatic carbocycles. The van der Waals surface area contributed by atoms with Crippen LogP contribution in [0.25, 0.3) is 0 Å². The van der Waals surface area contributed by atoms with Crippen LogP contribution in [0.1, 0.15) is 45.4 Å². The number of carbonyl (C=O) groups excluding carboxylic acids is 1. The molecule has 1 amide bonds. The van der Waals surface area contributed by atoms with Gasteiger partial charge in [0, 0.05) is 19.0 Å². The van der Waals surface area contributed by atoms with E-state index in [1.807, 2.05) is 20.8 Å². The molecule has 0 aromatic carbocycles. The molecule has 1 aliphatic heterocycles. The lowest BCUT2D eigenvalue weighted by molar-refractivity contribution is 0.0203. The van der Waals surface area contributed by atoms with E-state index < -0.39 is 5.60 Å². The van der Waals surface area contributed by atoms with Crippen molar-refractivity contribution in [1.29, 1.82) is 0 Å². The molecule has 6 heteroatoms. The van der Waals surface area contributed by atoms with E-state index in [4.69, 9.17) is 4.74 Å². The Labute approximate surface area is 107 Å². The molecule has 1 aromatic rings. The summed E-state index contributed by atoms with van der Waals surface area (Å²) in [5.74, 6) is 1.19. The molecule has 0 atom stereocenters. The van der Waals surface area contributed by atoms with Gasteiger partial charge in [0.1, 0.15) is 11.9 Å². The van der Waals surface area contributed by atoms with Crippen molar-refractivity contribution in [2.75, 3.05) is 13.1 Å². The zero-order valence-corrected chi connectivity index (χ0v) is 11.1. The van der Waals surface area contributed by atoms with Gasteiger partial charge in [0.25, 0.3) is 0 Å². The lowest BCUT2D eigenvalue weighted by atomic mass is 9.96. The molecule has 0 spiro atoms. The lowest BCUT2D eigenvalue weighted by Gasteiger charge is -2.32. The average molecular weight is 252 g/mol. The zero-order chi connectivity index (χ0) is 13.2. The summed E-state index contributed by atoms with van der Waals surface area (Å²) >= 11 is 0. The number of likely N-dealkylation sites (tertiary alicyclic amines) is 1. The third kappa shape index (κ3) is 3.21. The van der Waals surface area contributed by atoms with Gasteiger partial charge in [-0.25, -0.2) is 9.78 Å². The van der Waals surface area contributed by atoms with E-state index in [9.17, 15) is 4.79 Å². The Morgan fingerprint density at radius 2 is 2.11 bits per heavy atom. The summed E-state index contributed by atoms with van der Waals surface area (Å²) in [6, 6.07) is 0. The minimum absolute atomic E-state index is 0.226. The van der Waals surface area contributed by atoms with Crippen molar-refractivity contribution in [2.24, 2.45) is 0 Å². The van der Waals surface area contributed by atoms with Crippen molar-refractivity contribution >= 4 is 6.09 Å². The predicted molar refractivity (Wildman–Crippen MR) is 66.2 cm³/mol. The van der Waals surface area contributed by atoms with Gasteiger partial charge in [0.15, 0.2) is 5.82 Å². The van der Waals surface area contributed by atoms with Crippen LogP contribution in [-0.2, 0) is 4.74 Å². The number of aromatic amines is 1.